The van der Waals surface area contributed by atoms with Gasteiger partial charge in [0.1, 0.15) is 16.6 Å². The number of fused-ring (bicyclic) bond motifs is 6. The molecule has 10 heterocycles. The molecule has 10 aromatic heterocycles. The minimum Gasteiger partial charge on any atom is -0.459 e. The fraction of sp³-hybridized carbons (Fsp3) is 0.148. The van der Waals surface area contributed by atoms with Gasteiger partial charge in [0, 0.05) is 101 Å². The van der Waals surface area contributed by atoms with Crippen LogP contribution in [0.5, 0.6) is 0 Å². The molecule has 0 spiro atoms. The fourth-order valence-corrected chi connectivity index (χ4v) is 9.94. The van der Waals surface area contributed by atoms with Crippen LogP contribution in [0.4, 0.5) is 11.6 Å². The Hall–Kier alpha value is -8.95. The third-order valence-corrected chi connectivity index (χ3v) is 13.8. The Balaban J connectivity index is 0.000000124. The second kappa shape index (κ2) is 27.2. The summed E-state index contributed by atoms with van der Waals surface area (Å²) >= 11 is 17.1. The van der Waals surface area contributed by atoms with E-state index in [0.717, 1.165) is 78.6 Å². The van der Waals surface area contributed by atoms with E-state index in [0.29, 0.717) is 50.7 Å². The zero-order chi connectivity index (χ0) is 57.7. The molecule has 0 radical (unpaired) electrons. The molecule has 22 heteroatoms. The Labute approximate surface area is 491 Å². The Bertz CT molecular complexity index is 4330. The highest BCUT2D eigenvalue weighted by Gasteiger charge is 2.16. The monoisotopic (exact) mass is 1170 g/mol. The number of nitrogens with zero attached hydrogens (tertiary/aromatic N) is 8. The molecular formula is C61H55BCl3N13O5. The van der Waals surface area contributed by atoms with Crippen molar-refractivity contribution in [2.24, 2.45) is 5.73 Å². The van der Waals surface area contributed by atoms with E-state index < -0.39 is 7.12 Å². The maximum atomic E-state index is 8.66. The SMILES string of the molecule is Cc1cncc(-c2nc(NCCc3c[nH]c4ccccc34)c3occc3n2)c1.Cc1cncc(B(O)O)c1.Clc1nc(Cl)c2occc2n1.Clc1nc(NCCc2c[nH]c3ccccc23)c2occc2n1.NCCC1=CCc2ccccc21. The van der Waals surface area contributed by atoms with E-state index in [1.54, 1.807) is 43.1 Å². The van der Waals surface area contributed by atoms with Crippen molar-refractivity contribution in [3.05, 3.63) is 214 Å². The second-order valence-electron chi connectivity index (χ2n) is 19.0. The number of H-pyrrole nitrogens is 2. The number of aryl methyl sites for hydroxylation is 2. The van der Waals surface area contributed by atoms with Gasteiger partial charge in [-0.3, -0.25) is 9.97 Å². The lowest BCUT2D eigenvalue weighted by molar-refractivity contribution is 0.425. The zero-order valence-electron chi connectivity index (χ0n) is 45.0. The summed E-state index contributed by atoms with van der Waals surface area (Å²) in [5.41, 5.74) is 21.8. The molecule has 0 saturated carbocycles. The molecule has 8 N–H and O–H groups in total. The summed E-state index contributed by atoms with van der Waals surface area (Å²) in [6.07, 6.45) is 21.6. The molecular weight excluding hydrogens is 1110 g/mol. The average molecular weight is 1170 g/mol. The molecule has 13 aromatic rings. The van der Waals surface area contributed by atoms with Gasteiger partial charge in [-0.15, -0.1) is 0 Å². The summed E-state index contributed by atoms with van der Waals surface area (Å²) in [5.74, 6) is 1.96. The number of halogens is 3. The number of pyridine rings is 2. The van der Waals surface area contributed by atoms with E-state index >= 15 is 0 Å². The molecule has 83 heavy (non-hydrogen) atoms. The zero-order valence-corrected chi connectivity index (χ0v) is 47.3. The Morgan fingerprint density at radius 1 is 0.590 bits per heavy atom. The van der Waals surface area contributed by atoms with Crippen LogP contribution in [-0.4, -0.2) is 86.6 Å². The summed E-state index contributed by atoms with van der Waals surface area (Å²) in [7, 11) is -1.41. The predicted molar refractivity (Wildman–Crippen MR) is 330 cm³/mol. The highest BCUT2D eigenvalue weighted by molar-refractivity contribution is 6.58. The number of aromatic amines is 2. The molecule has 0 amide bonds. The van der Waals surface area contributed by atoms with Gasteiger partial charge in [0.25, 0.3) is 0 Å². The number of aromatic nitrogens is 10. The summed E-state index contributed by atoms with van der Waals surface area (Å²) in [4.78, 5) is 39.8. The van der Waals surface area contributed by atoms with E-state index in [2.05, 4.69) is 122 Å². The molecule has 418 valence electrons. The number of para-hydroxylation sites is 2. The van der Waals surface area contributed by atoms with Crippen molar-refractivity contribution >= 4 is 120 Å². The van der Waals surface area contributed by atoms with E-state index in [9.17, 15) is 0 Å². The first kappa shape index (κ1) is 57.3. The highest BCUT2D eigenvalue weighted by atomic mass is 35.5. The molecule has 0 bridgehead atoms. The van der Waals surface area contributed by atoms with Crippen molar-refractivity contribution in [2.45, 2.75) is 39.5 Å². The second-order valence-corrected chi connectivity index (χ2v) is 20.1. The molecule has 0 fully saturated rings. The molecule has 14 rings (SSSR count). The van der Waals surface area contributed by atoms with Crippen molar-refractivity contribution in [3.8, 4) is 11.4 Å². The van der Waals surface area contributed by atoms with Crippen molar-refractivity contribution < 1.29 is 23.3 Å². The van der Waals surface area contributed by atoms with E-state index in [1.165, 1.54) is 51.1 Å². The van der Waals surface area contributed by atoms with Crippen LogP contribution < -0.4 is 21.8 Å². The first-order valence-corrected chi connectivity index (χ1v) is 27.6. The minimum atomic E-state index is -1.41. The average Bonchev–Trinajstić information content (AvgIpc) is 4.58. The van der Waals surface area contributed by atoms with Crippen LogP contribution in [0, 0.1) is 13.8 Å². The topological polar surface area (TPSA) is 265 Å². The number of rotatable bonds is 12. The Kier molecular flexibility index (Phi) is 18.8. The number of nitrogens with two attached hydrogens (primary N) is 1. The Morgan fingerprint density at radius 3 is 1.73 bits per heavy atom. The van der Waals surface area contributed by atoms with Gasteiger partial charge in [0.15, 0.2) is 39.4 Å². The quantitative estimate of drug-likeness (QED) is 0.0341. The van der Waals surface area contributed by atoms with Crippen LogP contribution in [0.1, 0.15) is 39.8 Å². The van der Waals surface area contributed by atoms with Crippen LogP contribution in [0.2, 0.25) is 15.7 Å². The van der Waals surface area contributed by atoms with Crippen LogP contribution in [0.3, 0.4) is 0 Å². The van der Waals surface area contributed by atoms with Gasteiger partial charge in [0.2, 0.25) is 10.6 Å². The molecule has 1 aliphatic carbocycles. The van der Waals surface area contributed by atoms with Gasteiger partial charge < -0.3 is 49.6 Å². The van der Waals surface area contributed by atoms with Gasteiger partial charge in [-0.05, 0) is 126 Å². The maximum absolute atomic E-state index is 8.66. The number of allylic oxidation sites excluding steroid dienone is 1. The third-order valence-electron chi connectivity index (χ3n) is 13.2. The van der Waals surface area contributed by atoms with Gasteiger partial charge in [0.05, 0.1) is 18.8 Å². The largest absolute Gasteiger partial charge is 0.490 e. The molecule has 3 aromatic carbocycles. The van der Waals surface area contributed by atoms with Gasteiger partial charge in [-0.25, -0.2) is 24.9 Å². The van der Waals surface area contributed by atoms with Gasteiger partial charge in [-0.1, -0.05) is 84.4 Å². The normalized spacial score (nSPS) is 11.4. The van der Waals surface area contributed by atoms with Gasteiger partial charge in [-0.2, -0.15) is 4.98 Å². The van der Waals surface area contributed by atoms with Crippen molar-refractivity contribution in [1.82, 2.24) is 49.8 Å². The maximum Gasteiger partial charge on any atom is 0.490 e. The molecule has 0 saturated heterocycles. The lowest BCUT2D eigenvalue weighted by Gasteiger charge is -2.08. The van der Waals surface area contributed by atoms with E-state index in [4.69, 9.17) is 68.8 Å². The molecule has 18 nitrogen and oxygen atoms in total. The van der Waals surface area contributed by atoms with Gasteiger partial charge >= 0.3 is 7.12 Å². The van der Waals surface area contributed by atoms with Crippen LogP contribution >= 0.6 is 34.8 Å². The lowest BCUT2D eigenvalue weighted by Crippen LogP contribution is -2.30. The number of furan rings is 3. The lowest BCUT2D eigenvalue weighted by atomic mass is 9.81. The standard InChI is InChI=1S/C22H19N5O.C16H13ClN4O.C11H13N.C6H8BNO2.C6H2Cl2N2O/c1-14-10-16(12-23-11-14)21-26-19-7-9-28-20(19)22(27-21)24-8-6-15-13-25-18-5-3-2-4-17(15)18;17-16-20-13-6-8-22-14(13)15(21-16)18-7-5-10-9-19-12-4-2-1-3-11(10)12;12-8-7-10-6-5-9-3-1-2-4-11(9)10;1-5-2-6(7(9)10)4-8-3-5;7-5-4-3(1-2-11-4)9-6(8)10-5/h2-5,7,9-13,25H,6,8H2,1H3,(H,24,26,27);1-4,6,8-9,19H,5,7H2,(H,18,20,21);1-4,6H,5,7-8,12H2;2-4,9-10H,1H3;1-2H. The number of benzene rings is 3. The molecule has 0 aliphatic heterocycles. The number of anilines is 2. The number of nitrogens with one attached hydrogen (secondary N) is 4. The van der Waals surface area contributed by atoms with Crippen molar-refractivity contribution in [2.75, 3.05) is 30.3 Å². The smallest absolute Gasteiger partial charge is 0.459 e. The third kappa shape index (κ3) is 14.4. The molecule has 0 unspecified atom stereocenters. The highest BCUT2D eigenvalue weighted by Crippen LogP contribution is 2.30. The van der Waals surface area contributed by atoms with E-state index in [-0.39, 0.29) is 15.7 Å². The number of hydrogen-bond acceptors (Lipinski definition) is 16. The Morgan fingerprint density at radius 2 is 1.13 bits per heavy atom. The van der Waals surface area contributed by atoms with Crippen LogP contribution in [0.15, 0.2) is 178 Å². The summed E-state index contributed by atoms with van der Waals surface area (Å²) < 4.78 is 16.0. The van der Waals surface area contributed by atoms with Crippen LogP contribution in [0.25, 0.3) is 72.1 Å². The first-order valence-electron chi connectivity index (χ1n) is 26.4. The fourth-order valence-electron chi connectivity index (χ4n) is 9.32. The van der Waals surface area contributed by atoms with Crippen molar-refractivity contribution in [1.29, 1.82) is 0 Å². The van der Waals surface area contributed by atoms with E-state index in [1.807, 2.05) is 56.6 Å². The first-order chi connectivity index (χ1) is 40.5. The summed E-state index contributed by atoms with van der Waals surface area (Å²) in [6.45, 7) is 6.07. The summed E-state index contributed by atoms with van der Waals surface area (Å²) in [6, 6.07) is 34.2. The van der Waals surface area contributed by atoms with Crippen molar-refractivity contribution in [3.63, 3.8) is 0 Å². The summed E-state index contributed by atoms with van der Waals surface area (Å²) in [5, 5.41) is 27.1. The molecule has 0 atom stereocenters. The minimum absolute atomic E-state index is 0.129. The number of hydrogen-bond donors (Lipinski definition) is 7. The van der Waals surface area contributed by atoms with Crippen LogP contribution in [-0.2, 0) is 19.3 Å². The molecule has 1 aliphatic rings. The predicted octanol–water partition coefficient (Wildman–Crippen LogP) is 12.3.